The molecule has 0 aromatic heterocycles. The minimum absolute atomic E-state index is 0.161. The fourth-order valence-corrected chi connectivity index (χ4v) is 0.787. The van der Waals surface area contributed by atoms with Crippen molar-refractivity contribution in [3.05, 3.63) is 0 Å². The maximum absolute atomic E-state index is 8.49. The SMILES string of the molecule is CCC(CCCNO)NO. The first-order valence-corrected chi connectivity index (χ1v) is 3.61. The van der Waals surface area contributed by atoms with Crippen molar-refractivity contribution in [3.63, 3.8) is 0 Å². The fourth-order valence-electron chi connectivity index (χ4n) is 0.787. The van der Waals surface area contributed by atoms with Crippen molar-refractivity contribution < 1.29 is 10.4 Å². The molecule has 0 radical (unpaired) electrons. The summed E-state index contributed by atoms with van der Waals surface area (Å²) < 4.78 is 0. The number of rotatable bonds is 6. The predicted molar refractivity (Wildman–Crippen MR) is 38.0 cm³/mol. The summed E-state index contributed by atoms with van der Waals surface area (Å²) in [6, 6.07) is 0.161. The molecule has 1 unspecified atom stereocenters. The van der Waals surface area contributed by atoms with Crippen LogP contribution in [0.3, 0.4) is 0 Å². The molecule has 0 amide bonds. The van der Waals surface area contributed by atoms with Crippen LogP contribution in [0.1, 0.15) is 26.2 Å². The Bertz CT molecular complexity index is 66.8. The Morgan fingerprint density at radius 2 is 2.10 bits per heavy atom. The lowest BCUT2D eigenvalue weighted by atomic mass is 10.1. The van der Waals surface area contributed by atoms with Gasteiger partial charge in [0.05, 0.1) is 0 Å². The van der Waals surface area contributed by atoms with Crippen LogP contribution in [0.15, 0.2) is 0 Å². The summed E-state index contributed by atoms with van der Waals surface area (Å²) in [5.41, 5.74) is 4.26. The van der Waals surface area contributed by atoms with Crippen molar-refractivity contribution in [2.45, 2.75) is 32.2 Å². The zero-order chi connectivity index (χ0) is 7.82. The normalized spacial score (nSPS) is 13.5. The molecule has 0 aliphatic heterocycles. The van der Waals surface area contributed by atoms with E-state index in [9.17, 15) is 0 Å². The van der Waals surface area contributed by atoms with Crippen LogP contribution in [-0.2, 0) is 0 Å². The summed E-state index contributed by atoms with van der Waals surface area (Å²) in [5, 5.41) is 16.7. The van der Waals surface area contributed by atoms with Gasteiger partial charge in [-0.1, -0.05) is 6.92 Å². The molecule has 62 valence electrons. The van der Waals surface area contributed by atoms with E-state index in [1.54, 1.807) is 0 Å². The van der Waals surface area contributed by atoms with Crippen LogP contribution in [-0.4, -0.2) is 23.0 Å². The summed E-state index contributed by atoms with van der Waals surface area (Å²) in [7, 11) is 0. The van der Waals surface area contributed by atoms with Gasteiger partial charge in [0.25, 0.3) is 0 Å². The van der Waals surface area contributed by atoms with E-state index in [0.29, 0.717) is 6.54 Å². The minimum Gasteiger partial charge on any atom is -0.317 e. The van der Waals surface area contributed by atoms with Gasteiger partial charge in [0.15, 0.2) is 0 Å². The molecule has 0 fully saturated rings. The molecule has 4 heteroatoms. The second-order valence-corrected chi connectivity index (χ2v) is 2.28. The molecule has 0 saturated carbocycles. The summed E-state index contributed by atoms with van der Waals surface area (Å²) in [6.45, 7) is 2.58. The molecule has 10 heavy (non-hydrogen) atoms. The molecule has 0 saturated heterocycles. The lowest BCUT2D eigenvalue weighted by Crippen LogP contribution is -2.25. The maximum atomic E-state index is 8.49. The van der Waals surface area contributed by atoms with Crippen LogP contribution in [0.2, 0.25) is 0 Å². The number of nitrogens with one attached hydrogen (secondary N) is 2. The summed E-state index contributed by atoms with van der Waals surface area (Å²) in [6.07, 6.45) is 2.64. The molecule has 0 rings (SSSR count). The molecule has 4 N–H and O–H groups in total. The Kier molecular flexibility index (Phi) is 6.84. The quantitative estimate of drug-likeness (QED) is 0.327. The Morgan fingerprint density at radius 3 is 2.50 bits per heavy atom. The third-order valence-electron chi connectivity index (χ3n) is 1.52. The highest BCUT2D eigenvalue weighted by Gasteiger charge is 2.01. The average Bonchev–Trinajstić information content (AvgIpc) is 1.99. The van der Waals surface area contributed by atoms with Gasteiger partial charge in [0, 0.05) is 12.6 Å². The van der Waals surface area contributed by atoms with E-state index in [2.05, 4.69) is 11.0 Å². The van der Waals surface area contributed by atoms with Gasteiger partial charge >= 0.3 is 0 Å². The predicted octanol–water partition coefficient (Wildman–Crippen LogP) is 0.503. The lowest BCUT2D eigenvalue weighted by Gasteiger charge is -2.10. The van der Waals surface area contributed by atoms with Gasteiger partial charge in [0.2, 0.25) is 0 Å². The van der Waals surface area contributed by atoms with E-state index in [0.717, 1.165) is 19.3 Å². The van der Waals surface area contributed by atoms with Crippen molar-refractivity contribution in [1.82, 2.24) is 11.0 Å². The number of hydrogen-bond acceptors (Lipinski definition) is 4. The molecular weight excluding hydrogens is 132 g/mol. The number of hydrogen-bond donors (Lipinski definition) is 4. The maximum Gasteiger partial charge on any atom is 0.0317 e. The Hall–Kier alpha value is -0.160. The molecule has 0 aromatic rings. The third kappa shape index (κ3) is 4.69. The van der Waals surface area contributed by atoms with Gasteiger partial charge in [-0.25, -0.2) is 11.0 Å². The molecule has 0 aromatic carbocycles. The van der Waals surface area contributed by atoms with Crippen LogP contribution >= 0.6 is 0 Å². The monoisotopic (exact) mass is 148 g/mol. The molecule has 0 aliphatic carbocycles. The zero-order valence-electron chi connectivity index (χ0n) is 6.30. The van der Waals surface area contributed by atoms with Crippen molar-refractivity contribution in [3.8, 4) is 0 Å². The summed E-state index contributed by atoms with van der Waals surface area (Å²) >= 11 is 0. The van der Waals surface area contributed by atoms with Gasteiger partial charge in [-0.05, 0) is 19.3 Å². The molecule has 0 bridgehead atoms. The third-order valence-corrected chi connectivity index (χ3v) is 1.52. The molecule has 4 nitrogen and oxygen atoms in total. The van der Waals surface area contributed by atoms with E-state index >= 15 is 0 Å². The molecule has 0 aliphatic rings. The van der Waals surface area contributed by atoms with E-state index in [1.165, 1.54) is 0 Å². The van der Waals surface area contributed by atoms with Crippen molar-refractivity contribution in [2.24, 2.45) is 0 Å². The van der Waals surface area contributed by atoms with Gasteiger partial charge in [-0.2, -0.15) is 0 Å². The zero-order valence-corrected chi connectivity index (χ0v) is 6.30. The highest BCUT2D eigenvalue weighted by Crippen LogP contribution is 1.98. The first-order chi connectivity index (χ1) is 4.85. The summed E-state index contributed by atoms with van der Waals surface area (Å²) in [5.74, 6) is 0. The first kappa shape index (κ1) is 9.84. The minimum atomic E-state index is 0.161. The fraction of sp³-hybridized carbons (Fsp3) is 1.00. The highest BCUT2D eigenvalue weighted by molar-refractivity contribution is 4.58. The largest absolute Gasteiger partial charge is 0.317 e. The van der Waals surface area contributed by atoms with Crippen LogP contribution in [0, 0.1) is 0 Å². The van der Waals surface area contributed by atoms with Crippen LogP contribution < -0.4 is 11.0 Å². The second-order valence-electron chi connectivity index (χ2n) is 2.28. The van der Waals surface area contributed by atoms with E-state index in [1.807, 2.05) is 6.92 Å². The first-order valence-electron chi connectivity index (χ1n) is 3.61. The van der Waals surface area contributed by atoms with Gasteiger partial charge in [-0.3, -0.25) is 0 Å². The van der Waals surface area contributed by atoms with Crippen molar-refractivity contribution in [1.29, 1.82) is 0 Å². The Balaban J connectivity index is 3.09. The number of hydroxylamine groups is 2. The summed E-state index contributed by atoms with van der Waals surface area (Å²) in [4.78, 5) is 0. The van der Waals surface area contributed by atoms with Crippen molar-refractivity contribution >= 4 is 0 Å². The van der Waals surface area contributed by atoms with Crippen LogP contribution in [0.5, 0.6) is 0 Å². The van der Waals surface area contributed by atoms with Crippen LogP contribution in [0.4, 0.5) is 0 Å². The van der Waals surface area contributed by atoms with Gasteiger partial charge in [0.1, 0.15) is 0 Å². The van der Waals surface area contributed by atoms with Gasteiger partial charge < -0.3 is 10.4 Å². The van der Waals surface area contributed by atoms with E-state index in [-0.39, 0.29) is 6.04 Å². The lowest BCUT2D eigenvalue weighted by molar-refractivity contribution is 0.113. The molecule has 1 atom stereocenters. The topological polar surface area (TPSA) is 64.5 Å². The molecular formula is C6H16N2O2. The molecule has 0 spiro atoms. The van der Waals surface area contributed by atoms with Gasteiger partial charge in [-0.15, -0.1) is 0 Å². The molecule has 0 heterocycles. The second kappa shape index (κ2) is 6.95. The van der Waals surface area contributed by atoms with Crippen LogP contribution in [0.25, 0.3) is 0 Å². The van der Waals surface area contributed by atoms with E-state index < -0.39 is 0 Å². The highest BCUT2D eigenvalue weighted by atomic mass is 16.5. The van der Waals surface area contributed by atoms with Crippen molar-refractivity contribution in [2.75, 3.05) is 6.54 Å². The Labute approximate surface area is 61.2 Å². The van der Waals surface area contributed by atoms with E-state index in [4.69, 9.17) is 10.4 Å². The average molecular weight is 148 g/mol. The Morgan fingerprint density at radius 1 is 1.40 bits per heavy atom. The smallest absolute Gasteiger partial charge is 0.0317 e. The standard InChI is InChI=1S/C6H16N2O2/c1-2-6(8-10)4-3-5-7-9/h6-10H,2-5H2,1H3.